The van der Waals surface area contributed by atoms with Gasteiger partial charge in [-0.25, -0.2) is 0 Å². The van der Waals surface area contributed by atoms with Gasteiger partial charge in [-0.15, -0.1) is 12.4 Å². The average molecular weight is 357 g/mol. The maximum Gasteiger partial charge on any atom is 0.227 e. The topological polar surface area (TPSA) is 23.6 Å². The fourth-order valence-electron chi connectivity index (χ4n) is 3.66. The number of benzene rings is 1. The molecule has 2 heterocycles. The van der Waals surface area contributed by atoms with E-state index in [0.29, 0.717) is 12.5 Å². The van der Waals surface area contributed by atoms with Gasteiger partial charge < -0.3 is 9.80 Å². The Morgan fingerprint density at radius 2 is 1.70 bits per heavy atom. The van der Waals surface area contributed by atoms with E-state index in [-0.39, 0.29) is 18.3 Å². The van der Waals surface area contributed by atoms with Gasteiger partial charge in [0.2, 0.25) is 5.91 Å². The van der Waals surface area contributed by atoms with E-state index in [4.69, 9.17) is 11.6 Å². The van der Waals surface area contributed by atoms with Crippen molar-refractivity contribution >= 4 is 29.9 Å². The summed E-state index contributed by atoms with van der Waals surface area (Å²) in [5.74, 6) is 0.270. The maximum atomic E-state index is 12.7. The Morgan fingerprint density at radius 1 is 1.04 bits per heavy atom. The Morgan fingerprint density at radius 3 is 2.39 bits per heavy atom. The van der Waals surface area contributed by atoms with Crippen molar-refractivity contribution in [1.29, 1.82) is 0 Å². The van der Waals surface area contributed by atoms with E-state index >= 15 is 0 Å². The zero-order valence-corrected chi connectivity index (χ0v) is 15.1. The molecule has 0 bridgehead atoms. The van der Waals surface area contributed by atoms with Crippen LogP contribution in [0.3, 0.4) is 0 Å². The van der Waals surface area contributed by atoms with Gasteiger partial charge in [0, 0.05) is 24.2 Å². The summed E-state index contributed by atoms with van der Waals surface area (Å²) in [4.78, 5) is 17.4. The van der Waals surface area contributed by atoms with Crippen LogP contribution in [-0.2, 0) is 11.2 Å². The van der Waals surface area contributed by atoms with Gasteiger partial charge in [-0.3, -0.25) is 4.79 Å². The highest BCUT2D eigenvalue weighted by molar-refractivity contribution is 6.30. The Bertz CT molecular complexity index is 500. The van der Waals surface area contributed by atoms with Gasteiger partial charge in [-0.05, 0) is 62.9 Å². The molecule has 0 aliphatic carbocycles. The number of piperidine rings is 1. The van der Waals surface area contributed by atoms with E-state index in [2.05, 4.69) is 9.80 Å². The molecule has 1 amide bonds. The van der Waals surface area contributed by atoms with E-state index in [9.17, 15) is 4.79 Å². The highest BCUT2D eigenvalue weighted by Crippen LogP contribution is 2.21. The minimum absolute atomic E-state index is 0. The highest BCUT2D eigenvalue weighted by Gasteiger charge is 2.28. The largest absolute Gasteiger partial charge is 0.338 e. The molecular formula is C18H26Cl2N2O. The van der Waals surface area contributed by atoms with Crippen LogP contribution in [0.2, 0.25) is 5.02 Å². The van der Waals surface area contributed by atoms with Crippen molar-refractivity contribution < 1.29 is 4.79 Å². The smallest absolute Gasteiger partial charge is 0.227 e. The summed E-state index contributed by atoms with van der Waals surface area (Å²) in [5, 5.41) is 0.723. The molecule has 2 aliphatic rings. The van der Waals surface area contributed by atoms with Crippen molar-refractivity contribution in [3.05, 3.63) is 34.9 Å². The van der Waals surface area contributed by atoms with E-state index < -0.39 is 0 Å². The molecule has 0 N–H and O–H groups in total. The third kappa shape index (κ3) is 5.10. The number of carbonyl (C=O) groups excluding carboxylic acids is 1. The molecule has 2 fully saturated rings. The summed E-state index contributed by atoms with van der Waals surface area (Å²) in [6.45, 7) is 4.39. The van der Waals surface area contributed by atoms with Crippen LogP contribution in [-0.4, -0.2) is 47.9 Å². The highest BCUT2D eigenvalue weighted by atomic mass is 35.5. The second kappa shape index (κ2) is 8.91. The molecular weight excluding hydrogens is 331 g/mol. The first kappa shape index (κ1) is 18.6. The Balaban J connectivity index is 0.00000192. The lowest BCUT2D eigenvalue weighted by Gasteiger charge is -2.38. The van der Waals surface area contributed by atoms with Gasteiger partial charge in [-0.2, -0.15) is 0 Å². The number of likely N-dealkylation sites (tertiary alicyclic amines) is 2. The van der Waals surface area contributed by atoms with Crippen LogP contribution in [0.5, 0.6) is 0 Å². The van der Waals surface area contributed by atoms with Gasteiger partial charge in [-0.1, -0.05) is 23.7 Å². The summed E-state index contributed by atoms with van der Waals surface area (Å²) in [7, 11) is 0. The molecule has 1 aromatic carbocycles. The summed E-state index contributed by atoms with van der Waals surface area (Å²) in [5.41, 5.74) is 1.06. The normalized spacial score (nSPS) is 22.0. The first-order valence-electron chi connectivity index (χ1n) is 8.48. The molecule has 1 atom stereocenters. The SMILES string of the molecule is Cl.O=C(Cc1ccc(Cl)cc1)N1CCCCC1CN1CCCC1. The zero-order valence-electron chi connectivity index (χ0n) is 13.5. The van der Waals surface area contributed by atoms with Gasteiger partial charge in [0.05, 0.1) is 6.42 Å². The average Bonchev–Trinajstić information content (AvgIpc) is 3.03. The first-order chi connectivity index (χ1) is 10.7. The van der Waals surface area contributed by atoms with Crippen molar-refractivity contribution in [3.8, 4) is 0 Å². The molecule has 3 rings (SSSR count). The summed E-state index contributed by atoms with van der Waals surface area (Å²) in [6, 6.07) is 8.05. The van der Waals surface area contributed by atoms with Crippen molar-refractivity contribution in [2.45, 2.75) is 44.6 Å². The van der Waals surface area contributed by atoms with Crippen LogP contribution in [0.25, 0.3) is 0 Å². The minimum atomic E-state index is 0. The Hall–Kier alpha value is -0.770. The number of rotatable bonds is 4. The van der Waals surface area contributed by atoms with Crippen molar-refractivity contribution in [2.24, 2.45) is 0 Å². The summed E-state index contributed by atoms with van der Waals surface area (Å²) in [6.07, 6.45) is 6.67. The quantitative estimate of drug-likeness (QED) is 0.819. The van der Waals surface area contributed by atoms with Crippen LogP contribution in [0.4, 0.5) is 0 Å². The van der Waals surface area contributed by atoms with Gasteiger partial charge in [0.1, 0.15) is 0 Å². The number of carbonyl (C=O) groups is 1. The van der Waals surface area contributed by atoms with Gasteiger partial charge >= 0.3 is 0 Å². The molecule has 1 aromatic rings. The Kier molecular flexibility index (Phi) is 7.19. The lowest BCUT2D eigenvalue weighted by molar-refractivity contribution is -0.134. The van der Waals surface area contributed by atoms with E-state index in [1.165, 1.54) is 32.4 Å². The molecule has 3 nitrogen and oxygen atoms in total. The number of halogens is 2. The molecule has 0 aromatic heterocycles. The molecule has 128 valence electrons. The van der Waals surface area contributed by atoms with Crippen LogP contribution in [0.1, 0.15) is 37.7 Å². The molecule has 2 aliphatic heterocycles. The molecule has 23 heavy (non-hydrogen) atoms. The lowest BCUT2D eigenvalue weighted by Crippen LogP contribution is -2.49. The van der Waals surface area contributed by atoms with Crippen molar-refractivity contribution in [3.63, 3.8) is 0 Å². The molecule has 0 radical (unpaired) electrons. The maximum absolute atomic E-state index is 12.7. The predicted molar refractivity (Wildman–Crippen MR) is 97.4 cm³/mol. The standard InChI is InChI=1S/C18H25ClN2O.ClH/c19-16-8-6-15(7-9-16)13-18(22)21-12-2-1-5-17(21)14-20-10-3-4-11-20;/h6-9,17H,1-5,10-14H2;1H. The molecule has 2 saturated heterocycles. The van der Waals surface area contributed by atoms with Gasteiger partial charge in [0.25, 0.3) is 0 Å². The van der Waals surface area contributed by atoms with Crippen molar-refractivity contribution in [2.75, 3.05) is 26.2 Å². The number of amides is 1. The molecule has 1 unspecified atom stereocenters. The summed E-state index contributed by atoms with van der Waals surface area (Å²) < 4.78 is 0. The van der Waals surface area contributed by atoms with E-state index in [0.717, 1.165) is 36.5 Å². The van der Waals surface area contributed by atoms with E-state index in [1.807, 2.05) is 24.3 Å². The molecule has 5 heteroatoms. The van der Waals surface area contributed by atoms with Crippen molar-refractivity contribution in [1.82, 2.24) is 9.80 Å². The molecule has 0 saturated carbocycles. The second-order valence-corrected chi connectivity index (χ2v) is 6.98. The van der Waals surface area contributed by atoms with Crippen LogP contribution in [0, 0.1) is 0 Å². The fraction of sp³-hybridized carbons (Fsp3) is 0.611. The number of hydrogen-bond acceptors (Lipinski definition) is 2. The third-order valence-corrected chi connectivity index (χ3v) is 5.14. The first-order valence-corrected chi connectivity index (χ1v) is 8.86. The minimum Gasteiger partial charge on any atom is -0.338 e. The summed E-state index contributed by atoms with van der Waals surface area (Å²) >= 11 is 5.91. The lowest BCUT2D eigenvalue weighted by atomic mass is 10.00. The molecule has 0 spiro atoms. The number of nitrogens with zero attached hydrogens (tertiary/aromatic N) is 2. The van der Waals surface area contributed by atoms with Crippen LogP contribution in [0.15, 0.2) is 24.3 Å². The van der Waals surface area contributed by atoms with Crippen LogP contribution >= 0.6 is 24.0 Å². The second-order valence-electron chi connectivity index (χ2n) is 6.55. The predicted octanol–water partition coefficient (Wildman–Crippen LogP) is 3.78. The zero-order chi connectivity index (χ0) is 15.4. The Labute approximate surface area is 150 Å². The fourth-order valence-corrected chi connectivity index (χ4v) is 3.79. The van der Waals surface area contributed by atoms with E-state index in [1.54, 1.807) is 0 Å². The van der Waals surface area contributed by atoms with Gasteiger partial charge in [0.15, 0.2) is 0 Å². The third-order valence-electron chi connectivity index (χ3n) is 4.88. The number of hydrogen-bond donors (Lipinski definition) is 0. The van der Waals surface area contributed by atoms with Crippen LogP contribution < -0.4 is 0 Å². The monoisotopic (exact) mass is 356 g/mol.